The van der Waals surface area contributed by atoms with Gasteiger partial charge in [0.25, 0.3) is 0 Å². The van der Waals surface area contributed by atoms with Gasteiger partial charge >= 0.3 is 0 Å². The molecular weight excluding hydrogens is 212 g/mol. The van der Waals surface area contributed by atoms with Crippen LogP contribution in [-0.2, 0) is 4.79 Å². The first-order valence-electron chi connectivity index (χ1n) is 5.46. The zero-order valence-corrected chi connectivity index (χ0v) is 9.80. The Kier molecular flexibility index (Phi) is 3.53. The second-order valence-corrected chi connectivity index (χ2v) is 5.35. The van der Waals surface area contributed by atoms with Crippen LogP contribution in [0.5, 0.6) is 0 Å². The van der Waals surface area contributed by atoms with Crippen LogP contribution in [-0.4, -0.2) is 52.8 Å². The van der Waals surface area contributed by atoms with E-state index in [0.717, 1.165) is 24.6 Å². The number of aliphatic hydroxyl groups is 1. The van der Waals surface area contributed by atoms with Crippen molar-refractivity contribution in [2.45, 2.75) is 25.4 Å². The number of nitrogens with zero attached hydrogens (tertiary/aromatic N) is 1. The lowest BCUT2D eigenvalue weighted by Crippen LogP contribution is -2.48. The van der Waals surface area contributed by atoms with Crippen molar-refractivity contribution in [1.82, 2.24) is 10.2 Å². The van der Waals surface area contributed by atoms with Crippen molar-refractivity contribution in [3.8, 4) is 0 Å². The first-order chi connectivity index (χ1) is 7.24. The number of nitrogens with one attached hydrogen (secondary N) is 1. The zero-order chi connectivity index (χ0) is 10.8. The second-order valence-electron chi connectivity index (χ2n) is 4.32. The van der Waals surface area contributed by atoms with Crippen LogP contribution in [0.1, 0.15) is 13.3 Å². The Morgan fingerprint density at radius 1 is 1.67 bits per heavy atom. The molecule has 0 aromatic carbocycles. The number of aliphatic hydroxyl groups excluding tert-OH is 1. The smallest absolute Gasteiger partial charge is 0.240 e. The number of carbonyl (C=O) groups excluding carboxylic acids is 1. The van der Waals surface area contributed by atoms with Gasteiger partial charge in [0.2, 0.25) is 5.91 Å². The van der Waals surface area contributed by atoms with Crippen LogP contribution in [0, 0.1) is 5.92 Å². The van der Waals surface area contributed by atoms with Crippen molar-refractivity contribution >= 4 is 17.7 Å². The molecule has 2 aliphatic rings. The summed E-state index contributed by atoms with van der Waals surface area (Å²) in [5.74, 6) is 2.32. The molecule has 3 atom stereocenters. The standard InChI is InChI=1S/C10H18N2O2S/c1-7-2-3-12(9(7)4-13)10(14)8-5-15-6-11-8/h7-9,11,13H,2-6H2,1H3. The third-order valence-corrected chi connectivity index (χ3v) is 4.31. The van der Waals surface area contributed by atoms with E-state index in [1.807, 2.05) is 4.90 Å². The highest BCUT2D eigenvalue weighted by Gasteiger charge is 2.37. The highest BCUT2D eigenvalue weighted by atomic mass is 32.2. The molecule has 2 N–H and O–H groups in total. The molecule has 0 aliphatic carbocycles. The molecule has 0 bridgehead atoms. The lowest BCUT2D eigenvalue weighted by atomic mass is 10.0. The van der Waals surface area contributed by atoms with E-state index < -0.39 is 0 Å². The van der Waals surface area contributed by atoms with Crippen molar-refractivity contribution in [2.24, 2.45) is 5.92 Å². The molecule has 15 heavy (non-hydrogen) atoms. The highest BCUT2D eigenvalue weighted by molar-refractivity contribution is 7.99. The highest BCUT2D eigenvalue weighted by Crippen LogP contribution is 2.25. The van der Waals surface area contributed by atoms with Gasteiger partial charge < -0.3 is 10.0 Å². The summed E-state index contributed by atoms with van der Waals surface area (Å²) in [5, 5.41) is 12.5. The Morgan fingerprint density at radius 3 is 3.07 bits per heavy atom. The normalized spacial score (nSPS) is 36.1. The van der Waals surface area contributed by atoms with Crippen molar-refractivity contribution < 1.29 is 9.90 Å². The van der Waals surface area contributed by atoms with E-state index >= 15 is 0 Å². The van der Waals surface area contributed by atoms with E-state index in [9.17, 15) is 9.90 Å². The number of amides is 1. The molecule has 2 heterocycles. The first kappa shape index (κ1) is 11.2. The van der Waals surface area contributed by atoms with E-state index in [1.165, 1.54) is 0 Å². The van der Waals surface area contributed by atoms with Crippen LogP contribution in [0.4, 0.5) is 0 Å². The van der Waals surface area contributed by atoms with Crippen LogP contribution in [0.3, 0.4) is 0 Å². The summed E-state index contributed by atoms with van der Waals surface area (Å²) < 4.78 is 0. The van der Waals surface area contributed by atoms with Crippen LogP contribution in [0.15, 0.2) is 0 Å². The van der Waals surface area contributed by atoms with Gasteiger partial charge in [-0.15, -0.1) is 11.8 Å². The molecule has 0 spiro atoms. The van der Waals surface area contributed by atoms with E-state index in [2.05, 4.69) is 12.2 Å². The summed E-state index contributed by atoms with van der Waals surface area (Å²) in [4.78, 5) is 14.0. The Labute approximate surface area is 94.4 Å². The van der Waals surface area contributed by atoms with E-state index in [1.54, 1.807) is 11.8 Å². The topological polar surface area (TPSA) is 52.6 Å². The minimum atomic E-state index is -0.0330. The van der Waals surface area contributed by atoms with Crippen molar-refractivity contribution in [1.29, 1.82) is 0 Å². The van der Waals surface area contributed by atoms with Gasteiger partial charge in [0.1, 0.15) is 0 Å². The van der Waals surface area contributed by atoms with Crippen molar-refractivity contribution in [3.05, 3.63) is 0 Å². The van der Waals surface area contributed by atoms with Gasteiger partial charge in [0, 0.05) is 18.2 Å². The van der Waals surface area contributed by atoms with E-state index in [4.69, 9.17) is 0 Å². The summed E-state index contributed by atoms with van der Waals surface area (Å²) in [6.07, 6.45) is 1.01. The lowest BCUT2D eigenvalue weighted by molar-refractivity contribution is -0.134. The van der Waals surface area contributed by atoms with Crippen LogP contribution in [0.2, 0.25) is 0 Å². The Morgan fingerprint density at radius 2 is 2.47 bits per heavy atom. The van der Waals surface area contributed by atoms with Crippen molar-refractivity contribution in [2.75, 3.05) is 24.8 Å². The Balaban J connectivity index is 2.00. The fraction of sp³-hybridized carbons (Fsp3) is 0.900. The number of hydrogen-bond acceptors (Lipinski definition) is 4. The molecular formula is C10H18N2O2S. The summed E-state index contributed by atoms with van der Waals surface area (Å²) in [6, 6.07) is -0.000694. The van der Waals surface area contributed by atoms with Crippen molar-refractivity contribution in [3.63, 3.8) is 0 Å². The summed E-state index contributed by atoms with van der Waals surface area (Å²) in [7, 11) is 0. The fourth-order valence-electron chi connectivity index (χ4n) is 2.31. The third kappa shape index (κ3) is 2.14. The van der Waals surface area contributed by atoms with Gasteiger partial charge in [-0.1, -0.05) is 6.92 Å². The monoisotopic (exact) mass is 230 g/mol. The average Bonchev–Trinajstić information content (AvgIpc) is 2.85. The minimum absolute atomic E-state index is 0.0323. The molecule has 2 aliphatic heterocycles. The SMILES string of the molecule is CC1CCN(C(=O)C2CSCN2)C1CO. The molecule has 0 saturated carbocycles. The molecule has 0 aromatic rings. The second kappa shape index (κ2) is 4.72. The maximum atomic E-state index is 12.1. The van der Waals surface area contributed by atoms with Gasteiger partial charge in [-0.3, -0.25) is 10.1 Å². The number of rotatable bonds is 2. The van der Waals surface area contributed by atoms with Gasteiger partial charge in [0.05, 0.1) is 18.7 Å². The van der Waals surface area contributed by atoms with Crippen LogP contribution >= 0.6 is 11.8 Å². The predicted molar refractivity (Wildman–Crippen MR) is 60.6 cm³/mol. The summed E-state index contributed by atoms with van der Waals surface area (Å²) >= 11 is 1.76. The van der Waals surface area contributed by atoms with Gasteiger partial charge in [0.15, 0.2) is 0 Å². The number of hydrogen-bond donors (Lipinski definition) is 2. The molecule has 5 heteroatoms. The Bertz CT molecular complexity index is 244. The summed E-state index contributed by atoms with van der Waals surface area (Å²) in [6.45, 7) is 2.99. The van der Waals surface area contributed by atoms with Crippen LogP contribution in [0.25, 0.3) is 0 Å². The van der Waals surface area contributed by atoms with Gasteiger partial charge in [-0.2, -0.15) is 0 Å². The first-order valence-corrected chi connectivity index (χ1v) is 6.62. The van der Waals surface area contributed by atoms with E-state index in [0.29, 0.717) is 5.92 Å². The van der Waals surface area contributed by atoms with Gasteiger partial charge in [-0.05, 0) is 12.3 Å². The fourth-order valence-corrected chi connectivity index (χ4v) is 3.25. The third-order valence-electron chi connectivity index (χ3n) is 3.37. The molecule has 4 nitrogen and oxygen atoms in total. The maximum absolute atomic E-state index is 12.1. The molecule has 2 fully saturated rings. The predicted octanol–water partition coefficient (Wildman–Crippen LogP) is -0.122. The van der Waals surface area contributed by atoms with Gasteiger partial charge in [-0.25, -0.2) is 0 Å². The largest absolute Gasteiger partial charge is 0.394 e. The molecule has 86 valence electrons. The molecule has 0 aromatic heterocycles. The maximum Gasteiger partial charge on any atom is 0.240 e. The summed E-state index contributed by atoms with van der Waals surface area (Å²) in [5.41, 5.74) is 0. The number of carbonyl (C=O) groups is 1. The molecule has 3 unspecified atom stereocenters. The van der Waals surface area contributed by atoms with Crippen LogP contribution < -0.4 is 5.32 Å². The average molecular weight is 230 g/mol. The lowest BCUT2D eigenvalue weighted by Gasteiger charge is -2.27. The molecule has 0 radical (unpaired) electrons. The Hall–Kier alpha value is -0.260. The number of likely N-dealkylation sites (tertiary alicyclic amines) is 1. The molecule has 2 saturated heterocycles. The number of thioether (sulfide) groups is 1. The minimum Gasteiger partial charge on any atom is -0.394 e. The quantitative estimate of drug-likeness (QED) is 0.694. The van der Waals surface area contributed by atoms with E-state index in [-0.39, 0.29) is 24.6 Å². The molecule has 2 rings (SSSR count). The zero-order valence-electron chi connectivity index (χ0n) is 8.98. The molecule has 1 amide bonds.